The Labute approximate surface area is 297 Å². The van der Waals surface area contributed by atoms with Gasteiger partial charge in [0.1, 0.15) is 24.0 Å². The highest BCUT2D eigenvalue weighted by atomic mass is 28.4. The molecule has 1 atom stereocenters. The molecule has 2 aromatic heterocycles. The highest BCUT2D eigenvalue weighted by Gasteiger charge is 2.47. The number of benzene rings is 1. The van der Waals surface area contributed by atoms with Gasteiger partial charge in [0.15, 0.2) is 8.32 Å². The third-order valence-electron chi connectivity index (χ3n) is 9.57. The molecule has 5 rings (SSSR count). The number of morpholine rings is 1. The van der Waals surface area contributed by atoms with Gasteiger partial charge in [-0.2, -0.15) is 5.26 Å². The summed E-state index contributed by atoms with van der Waals surface area (Å²) in [5.74, 6) is 0.811. The van der Waals surface area contributed by atoms with Crippen molar-refractivity contribution >= 4 is 31.7 Å². The maximum absolute atomic E-state index is 13.6. The Morgan fingerprint density at radius 1 is 1.16 bits per heavy atom. The minimum Gasteiger partial charge on any atom is -0.474 e. The fourth-order valence-electron chi connectivity index (χ4n) is 5.74. The molecule has 4 heterocycles. The fraction of sp³-hybridized carbons (Fsp3) is 0.583. The molecule has 13 nitrogen and oxygen atoms in total. The molecule has 50 heavy (non-hydrogen) atoms. The average Bonchev–Trinajstić information content (AvgIpc) is 3.55. The summed E-state index contributed by atoms with van der Waals surface area (Å²) in [7, 11) is -0.315. The lowest BCUT2D eigenvalue weighted by Crippen LogP contribution is -2.46. The highest BCUT2D eigenvalue weighted by molar-refractivity contribution is 6.74. The number of aromatic nitrogens is 4. The molecule has 3 aromatic rings. The number of anilines is 3. The second-order valence-corrected chi connectivity index (χ2v) is 20.7. The molecule has 1 amide bonds. The largest absolute Gasteiger partial charge is 0.474 e. The predicted molar refractivity (Wildman–Crippen MR) is 196 cm³/mol. The zero-order chi connectivity index (χ0) is 36.5. The summed E-state index contributed by atoms with van der Waals surface area (Å²) >= 11 is 0. The van der Waals surface area contributed by atoms with Crippen molar-refractivity contribution < 1.29 is 23.4 Å². The van der Waals surface area contributed by atoms with Crippen LogP contribution in [0.3, 0.4) is 0 Å². The maximum atomic E-state index is 13.6. The Balaban J connectivity index is 1.45. The maximum Gasteiger partial charge on any atom is 0.414 e. The first-order valence-corrected chi connectivity index (χ1v) is 20.1. The summed E-state index contributed by atoms with van der Waals surface area (Å²) in [5.41, 5.74) is 2.42. The van der Waals surface area contributed by atoms with E-state index in [1.54, 1.807) is 27.9 Å². The van der Waals surface area contributed by atoms with Gasteiger partial charge >= 0.3 is 6.09 Å². The summed E-state index contributed by atoms with van der Waals surface area (Å²) in [6.07, 6.45) is 3.00. The van der Waals surface area contributed by atoms with Gasteiger partial charge in [0.25, 0.3) is 5.88 Å². The van der Waals surface area contributed by atoms with Crippen LogP contribution in [0.15, 0.2) is 30.6 Å². The van der Waals surface area contributed by atoms with E-state index in [4.69, 9.17) is 23.6 Å². The molecule has 2 aliphatic heterocycles. The van der Waals surface area contributed by atoms with Crippen LogP contribution < -0.4 is 15.0 Å². The Bertz CT molecular complexity index is 1740. The van der Waals surface area contributed by atoms with Gasteiger partial charge in [-0.1, -0.05) is 27.7 Å². The number of hydrogen-bond acceptors (Lipinski definition) is 11. The Morgan fingerprint density at radius 3 is 2.54 bits per heavy atom. The van der Waals surface area contributed by atoms with Gasteiger partial charge in [-0.3, -0.25) is 14.5 Å². The lowest BCUT2D eigenvalue weighted by atomic mass is 9.83. The minimum atomic E-state index is -2.15. The molecule has 1 fully saturated rings. The van der Waals surface area contributed by atoms with E-state index in [1.165, 1.54) is 0 Å². The van der Waals surface area contributed by atoms with Crippen molar-refractivity contribution in [2.45, 2.75) is 77.6 Å². The molecule has 0 spiro atoms. The number of carbonyl (C=O) groups excluding carboxylic acids is 1. The van der Waals surface area contributed by atoms with Gasteiger partial charge < -0.3 is 24.0 Å². The number of nitrogens with one attached hydrogen (secondary N) is 1. The summed E-state index contributed by atoms with van der Waals surface area (Å²) in [6.45, 7) is 23.8. The van der Waals surface area contributed by atoms with Crippen molar-refractivity contribution in [3.63, 3.8) is 0 Å². The van der Waals surface area contributed by atoms with Crippen LogP contribution in [0.4, 0.5) is 22.1 Å². The minimum absolute atomic E-state index is 0.00158. The number of nitriles is 1. The number of hydrogen-bond donors (Lipinski definition) is 1. The number of ether oxygens (including phenoxy) is 3. The van der Waals surface area contributed by atoms with Crippen molar-refractivity contribution in [2.24, 2.45) is 7.05 Å². The van der Waals surface area contributed by atoms with Gasteiger partial charge in [-0.25, -0.2) is 14.8 Å². The van der Waals surface area contributed by atoms with Crippen molar-refractivity contribution in [1.82, 2.24) is 24.6 Å². The number of amides is 1. The first kappa shape index (κ1) is 37.2. The molecule has 1 N–H and O–H groups in total. The molecule has 0 bridgehead atoms. The van der Waals surface area contributed by atoms with Crippen LogP contribution in [0.5, 0.6) is 5.88 Å². The van der Waals surface area contributed by atoms with Crippen molar-refractivity contribution in [3.05, 3.63) is 41.7 Å². The molecule has 0 radical (unpaired) electrons. The average molecular weight is 705 g/mol. The van der Waals surface area contributed by atoms with Crippen LogP contribution in [0.1, 0.15) is 59.6 Å². The second-order valence-electron chi connectivity index (χ2n) is 15.9. The summed E-state index contributed by atoms with van der Waals surface area (Å²) < 4.78 is 25.8. The number of aryl methyl sites for hydroxylation is 1. The smallest absolute Gasteiger partial charge is 0.414 e. The molecular formula is C36H52N8O5Si. The van der Waals surface area contributed by atoms with Gasteiger partial charge in [0, 0.05) is 57.0 Å². The Morgan fingerprint density at radius 2 is 1.88 bits per heavy atom. The van der Waals surface area contributed by atoms with Crippen LogP contribution in [0, 0.1) is 11.3 Å². The summed E-state index contributed by atoms with van der Waals surface area (Å²) in [5, 5.41) is 18.2. The predicted octanol–water partition coefficient (Wildman–Crippen LogP) is 6.24. The molecule has 0 unspecified atom stereocenters. The van der Waals surface area contributed by atoms with E-state index in [1.807, 2.05) is 40.1 Å². The summed E-state index contributed by atoms with van der Waals surface area (Å²) in [6, 6.07) is 7.95. The molecule has 270 valence electrons. The van der Waals surface area contributed by atoms with Crippen molar-refractivity contribution in [3.8, 4) is 23.2 Å². The first-order chi connectivity index (χ1) is 23.4. The SMILES string of the molecule is Cn1cc(Nc2nccc(-c3cc(C#N)c4c(c3)[C@@](C)(CO[Si](C)(C)C(C)(C)C)CN4C(=O)OC(C)(C)C)n2)c(OCCN2CCOCC2)n1. The van der Waals surface area contributed by atoms with Crippen LogP contribution in [0.2, 0.25) is 18.1 Å². The number of carbonyl (C=O) groups is 1. The van der Waals surface area contributed by atoms with E-state index in [9.17, 15) is 10.1 Å². The van der Waals surface area contributed by atoms with E-state index in [0.29, 0.717) is 54.2 Å². The number of fused-ring (bicyclic) bond motifs is 1. The van der Waals surface area contributed by atoms with Gasteiger partial charge in [-0.05, 0) is 62.7 Å². The zero-order valence-corrected chi connectivity index (χ0v) is 32.2. The van der Waals surface area contributed by atoms with E-state index < -0.39 is 25.4 Å². The Hall–Kier alpha value is -4.03. The monoisotopic (exact) mass is 704 g/mol. The molecule has 2 aliphatic rings. The highest BCUT2D eigenvalue weighted by Crippen LogP contribution is 2.47. The standard InChI is InChI=1S/C36H52N8O5Si/c1-34(2,3)49-33(45)44-23-36(7,24-48-50(9,10)35(4,5)6)27-20-25(19-26(21-37)30(27)44)28-11-12-38-32(39-28)40-29-22-42(8)41-31(29)47-18-15-43-13-16-46-17-14-43/h11-12,19-20,22H,13-18,23-24H2,1-10H3,(H,38,39,40)/t36-/m1/s1. The van der Waals surface area contributed by atoms with E-state index in [0.717, 1.165) is 44.0 Å². The quantitative estimate of drug-likeness (QED) is 0.240. The van der Waals surface area contributed by atoms with Crippen molar-refractivity contribution in [1.29, 1.82) is 5.26 Å². The third kappa shape index (κ3) is 8.46. The number of rotatable bonds is 10. The molecule has 14 heteroatoms. The zero-order valence-electron chi connectivity index (χ0n) is 31.2. The van der Waals surface area contributed by atoms with Gasteiger partial charge in [0.2, 0.25) is 5.95 Å². The van der Waals surface area contributed by atoms with E-state index in [-0.39, 0.29) is 5.04 Å². The van der Waals surface area contributed by atoms with Crippen LogP contribution in [-0.2, 0) is 26.4 Å². The lowest BCUT2D eigenvalue weighted by Gasteiger charge is -2.39. The van der Waals surface area contributed by atoms with Crippen molar-refractivity contribution in [2.75, 3.05) is 62.8 Å². The second kappa shape index (κ2) is 14.3. The lowest BCUT2D eigenvalue weighted by molar-refractivity contribution is 0.0320. The van der Waals surface area contributed by atoms with Crippen LogP contribution >= 0.6 is 0 Å². The normalized spacial score (nSPS) is 18.5. The molecular weight excluding hydrogens is 653 g/mol. The van der Waals surface area contributed by atoms with Crippen LogP contribution in [0.25, 0.3) is 11.3 Å². The Kier molecular flexibility index (Phi) is 10.6. The third-order valence-corrected chi connectivity index (χ3v) is 14.1. The first-order valence-electron chi connectivity index (χ1n) is 17.2. The van der Waals surface area contributed by atoms with Gasteiger partial charge in [0.05, 0.1) is 36.4 Å². The van der Waals surface area contributed by atoms with Gasteiger partial charge in [-0.15, -0.1) is 5.10 Å². The van der Waals surface area contributed by atoms with E-state index in [2.05, 4.69) is 67.2 Å². The molecule has 0 aliphatic carbocycles. The van der Waals surface area contributed by atoms with Crippen LogP contribution in [-0.4, -0.2) is 97.3 Å². The molecule has 0 saturated carbocycles. The molecule has 1 saturated heterocycles. The fourth-order valence-corrected chi connectivity index (χ4v) is 6.85. The topological polar surface area (TPSA) is 140 Å². The molecule has 1 aromatic carbocycles. The van der Waals surface area contributed by atoms with E-state index >= 15 is 0 Å². The number of nitrogens with zero attached hydrogens (tertiary/aromatic N) is 7. The summed E-state index contributed by atoms with van der Waals surface area (Å²) in [4.78, 5) is 26.8.